The summed E-state index contributed by atoms with van der Waals surface area (Å²) in [5, 5.41) is 21.2. The number of halogens is 3. The lowest BCUT2D eigenvalue weighted by Gasteiger charge is -2.41. The van der Waals surface area contributed by atoms with Gasteiger partial charge in [-0.05, 0) is 27.8 Å². The summed E-state index contributed by atoms with van der Waals surface area (Å²) in [6, 6.07) is 23.6. The maximum absolute atomic E-state index is 12.1. The molecule has 0 saturated carbocycles. The summed E-state index contributed by atoms with van der Waals surface area (Å²) in [5.41, 5.74) is 5.52. The second-order valence-corrected chi connectivity index (χ2v) is 13.6. The third-order valence-corrected chi connectivity index (χ3v) is 9.02. The summed E-state index contributed by atoms with van der Waals surface area (Å²) in [5.74, 6) is 0.0337. The number of aliphatic hydroxyl groups is 1. The predicted octanol–water partition coefficient (Wildman–Crippen LogP) is 6.54. The number of ether oxygens (including phenoxy) is 2. The minimum atomic E-state index is -2.03. The average molecular weight is 662 g/mol. The van der Waals surface area contributed by atoms with E-state index in [-0.39, 0.29) is 31.3 Å². The Morgan fingerprint density at radius 1 is 1.02 bits per heavy atom. The molecule has 8 nitrogen and oxygen atoms in total. The van der Waals surface area contributed by atoms with Crippen LogP contribution in [0.3, 0.4) is 0 Å². The second kappa shape index (κ2) is 14.0. The van der Waals surface area contributed by atoms with Gasteiger partial charge in [-0.2, -0.15) is 0 Å². The van der Waals surface area contributed by atoms with E-state index in [0.717, 1.165) is 38.5 Å². The molecule has 226 valence electrons. The first-order valence-corrected chi connectivity index (χ1v) is 15.8. The molecular formula is C31H31Cl3N4O4S. The van der Waals surface area contributed by atoms with Crippen molar-refractivity contribution in [3.8, 4) is 11.1 Å². The number of aliphatic hydroxyl groups excluding tert-OH is 1. The van der Waals surface area contributed by atoms with Crippen LogP contribution in [0.2, 0.25) is 0 Å². The topological polar surface area (TPSA) is 98.5 Å². The van der Waals surface area contributed by atoms with Crippen molar-refractivity contribution < 1.29 is 19.4 Å². The molecule has 0 radical (unpaired) electrons. The number of aromatic nitrogens is 3. The summed E-state index contributed by atoms with van der Waals surface area (Å²) in [4.78, 5) is 12.1. The van der Waals surface area contributed by atoms with Gasteiger partial charge < -0.3 is 24.5 Å². The molecular weight excluding hydrogens is 631 g/mol. The Hall–Kier alpha value is -2.63. The molecule has 5 rings (SSSR count). The maximum Gasteiger partial charge on any atom is 0.272 e. The fraction of sp³-hybridized carbons (Fsp3) is 0.323. The molecule has 2 heterocycles. The van der Waals surface area contributed by atoms with Gasteiger partial charge in [0.15, 0.2) is 11.4 Å². The number of carbonyl (C=O) groups excluding carboxylic acids is 1. The minimum Gasteiger partial charge on any atom is -0.392 e. The molecule has 4 atom stereocenters. The van der Waals surface area contributed by atoms with E-state index in [4.69, 9.17) is 44.3 Å². The lowest BCUT2D eigenvalue weighted by Crippen LogP contribution is -2.38. The van der Waals surface area contributed by atoms with Gasteiger partial charge in [-0.3, -0.25) is 4.79 Å². The zero-order chi connectivity index (χ0) is 30.6. The number of nitrogens with one attached hydrogen (secondary N) is 1. The number of nitrogens with zero attached hydrogens (tertiary/aromatic N) is 3. The highest BCUT2D eigenvalue weighted by Gasteiger charge is 2.38. The zero-order valence-electron chi connectivity index (χ0n) is 23.5. The summed E-state index contributed by atoms with van der Waals surface area (Å²) >= 11 is 18.7. The quantitative estimate of drug-likeness (QED) is 0.155. The van der Waals surface area contributed by atoms with E-state index in [1.165, 1.54) is 0 Å². The normalized spacial score (nSPS) is 20.6. The van der Waals surface area contributed by atoms with Crippen LogP contribution < -0.4 is 5.32 Å². The van der Waals surface area contributed by atoms with Crippen LogP contribution in [0.25, 0.3) is 11.1 Å². The van der Waals surface area contributed by atoms with Crippen molar-refractivity contribution in [1.29, 1.82) is 0 Å². The molecule has 1 saturated heterocycles. The first-order chi connectivity index (χ1) is 20.6. The van der Waals surface area contributed by atoms with E-state index in [2.05, 4.69) is 22.4 Å². The van der Waals surface area contributed by atoms with Crippen LogP contribution in [0.15, 0.2) is 84.3 Å². The van der Waals surface area contributed by atoms with Crippen LogP contribution in [0, 0.1) is 5.92 Å². The number of alkyl halides is 3. The average Bonchev–Trinajstić information content (AvgIpc) is 3.43. The van der Waals surface area contributed by atoms with E-state index < -0.39 is 16.0 Å². The first-order valence-electron chi connectivity index (χ1n) is 13.6. The Labute approximate surface area is 269 Å². The number of aryl methyl sites for hydroxylation is 1. The van der Waals surface area contributed by atoms with Crippen molar-refractivity contribution in [2.45, 2.75) is 47.5 Å². The molecule has 1 amide bonds. The zero-order valence-corrected chi connectivity index (χ0v) is 26.6. The summed E-state index contributed by atoms with van der Waals surface area (Å²) in [7, 11) is 1.92. The van der Waals surface area contributed by atoms with Gasteiger partial charge in [-0.15, -0.1) is 10.2 Å². The molecule has 1 fully saturated rings. The van der Waals surface area contributed by atoms with Crippen molar-refractivity contribution >= 4 is 52.5 Å². The summed E-state index contributed by atoms with van der Waals surface area (Å²) < 4.78 is 13.0. The molecule has 1 aliphatic heterocycles. The van der Waals surface area contributed by atoms with Crippen LogP contribution in [-0.4, -0.2) is 41.4 Å². The van der Waals surface area contributed by atoms with E-state index >= 15 is 0 Å². The van der Waals surface area contributed by atoms with Gasteiger partial charge in [0.1, 0.15) is 6.33 Å². The second-order valence-electron chi connectivity index (χ2n) is 10.3. The molecule has 0 aliphatic carbocycles. The van der Waals surface area contributed by atoms with Crippen molar-refractivity contribution in [3.05, 3.63) is 101 Å². The molecule has 4 unspecified atom stereocenters. The number of amides is 1. The number of hydrogen-bond donors (Lipinski definition) is 2. The number of rotatable bonds is 9. The van der Waals surface area contributed by atoms with Crippen LogP contribution in [0.1, 0.15) is 41.6 Å². The van der Waals surface area contributed by atoms with Crippen molar-refractivity contribution in [2.24, 2.45) is 13.0 Å². The summed E-state index contributed by atoms with van der Waals surface area (Å²) in [6.07, 6.45) is 0.722. The molecule has 3 aromatic carbocycles. The largest absolute Gasteiger partial charge is 0.392 e. The van der Waals surface area contributed by atoms with E-state index in [9.17, 15) is 9.90 Å². The van der Waals surface area contributed by atoms with Crippen LogP contribution in [0.5, 0.6) is 0 Å². The number of carbonyl (C=O) groups is 1. The monoisotopic (exact) mass is 660 g/mol. The highest BCUT2D eigenvalue weighted by atomic mass is 35.6. The van der Waals surface area contributed by atoms with Gasteiger partial charge in [0.25, 0.3) is 9.70 Å². The number of thioether (sulfide) groups is 1. The molecule has 0 bridgehead atoms. The summed E-state index contributed by atoms with van der Waals surface area (Å²) in [6.45, 7) is 2.32. The lowest BCUT2D eigenvalue weighted by molar-refractivity contribution is -0.268. The Kier molecular flexibility index (Phi) is 10.3. The number of hydrogen-bond acceptors (Lipinski definition) is 7. The van der Waals surface area contributed by atoms with Gasteiger partial charge in [0.2, 0.25) is 0 Å². The van der Waals surface area contributed by atoms with Crippen LogP contribution in [0.4, 0.5) is 0 Å². The van der Waals surface area contributed by atoms with E-state index in [1.54, 1.807) is 18.1 Å². The molecule has 2 N–H and O–H groups in total. The highest BCUT2D eigenvalue weighted by Crippen LogP contribution is 2.43. The smallest absolute Gasteiger partial charge is 0.272 e. The molecule has 1 aliphatic rings. The third kappa shape index (κ3) is 7.72. The highest BCUT2D eigenvalue weighted by molar-refractivity contribution is 7.99. The van der Waals surface area contributed by atoms with Crippen molar-refractivity contribution in [3.63, 3.8) is 0 Å². The van der Waals surface area contributed by atoms with Gasteiger partial charge in [0.05, 0.1) is 18.8 Å². The Morgan fingerprint density at radius 3 is 2.37 bits per heavy atom. The van der Waals surface area contributed by atoms with E-state index in [1.807, 2.05) is 84.4 Å². The van der Waals surface area contributed by atoms with Crippen LogP contribution >= 0.6 is 46.6 Å². The van der Waals surface area contributed by atoms with Gasteiger partial charge >= 0.3 is 0 Å². The Balaban J connectivity index is 1.37. The van der Waals surface area contributed by atoms with Gasteiger partial charge in [0, 0.05) is 30.8 Å². The maximum atomic E-state index is 12.1. The fourth-order valence-corrected chi connectivity index (χ4v) is 6.17. The fourth-order valence-electron chi connectivity index (χ4n) is 4.92. The Morgan fingerprint density at radius 2 is 1.72 bits per heavy atom. The molecule has 4 aromatic rings. The van der Waals surface area contributed by atoms with Crippen molar-refractivity contribution in [1.82, 2.24) is 20.1 Å². The standard InChI is InChI=1S/C31H31Cl3N4O4S/c1-19-26(17-43-30-37-36-18-38(30)2)41-28(42-27(19)22-9-7-20(16-39)8-10-22)23-13-11-21(12-14-23)25-6-4-3-5-24(25)15-35-29(40)31(32,33)34/h3-14,18-19,26-28,39H,15-17H2,1-2H3,(H,35,40). The lowest BCUT2D eigenvalue weighted by atomic mass is 9.91. The molecule has 0 spiro atoms. The van der Waals surface area contributed by atoms with Crippen molar-refractivity contribution in [2.75, 3.05) is 5.75 Å². The Bertz CT molecular complexity index is 1530. The minimum absolute atomic E-state index is 0.0151. The van der Waals surface area contributed by atoms with Crippen LogP contribution in [-0.2, 0) is 34.5 Å². The third-order valence-electron chi connectivity index (χ3n) is 7.38. The van der Waals surface area contributed by atoms with Gasteiger partial charge in [-0.25, -0.2) is 0 Å². The SMILES string of the molecule is CC1C(CSc2nncn2C)OC(c2ccc(-c3ccccc3CNC(=O)C(Cl)(Cl)Cl)cc2)OC1c1ccc(CO)cc1. The molecule has 12 heteroatoms. The molecule has 43 heavy (non-hydrogen) atoms. The first kappa shape index (κ1) is 31.8. The van der Waals surface area contributed by atoms with Gasteiger partial charge in [-0.1, -0.05) is 126 Å². The number of benzene rings is 3. The predicted molar refractivity (Wildman–Crippen MR) is 169 cm³/mol. The van der Waals surface area contributed by atoms with E-state index in [0.29, 0.717) is 5.75 Å². The molecule has 1 aromatic heterocycles.